The number of carbonyl (C=O) groups excluding carboxylic acids is 4. The number of hydrogen-bond donors (Lipinski definition) is 3. The maximum absolute atomic E-state index is 14.7. The number of pyridine rings is 1. The minimum atomic E-state index is -3.88. The van der Waals surface area contributed by atoms with E-state index in [1.807, 2.05) is 42.5 Å². The molecule has 3 aliphatic carbocycles. The van der Waals surface area contributed by atoms with Crippen molar-refractivity contribution in [2.75, 3.05) is 13.2 Å². The number of para-hydroxylation sites is 1. The lowest BCUT2D eigenvalue weighted by molar-refractivity contribution is -0.142. The quantitative estimate of drug-likeness (QED) is 0.354. The van der Waals surface area contributed by atoms with Crippen LogP contribution in [0.1, 0.15) is 82.6 Å². The lowest BCUT2D eigenvalue weighted by Crippen LogP contribution is -2.59. The van der Waals surface area contributed by atoms with Crippen LogP contribution in [0.2, 0.25) is 0 Å². The van der Waals surface area contributed by atoms with Gasteiger partial charge in [-0.2, -0.15) is 0 Å². The normalized spacial score (nSPS) is 29.4. The molecule has 3 heterocycles. The SMILES string of the molecule is C=C[C@@H]1C[C@]1(NC(=O)[C@@H]1C[C@@H]2CN1C(=O)[C@H](C1CCCCC1)NC(=O)OCCCC/C=C/c1cc3ccccc3nc1O2)C(=O)NS(=O)(=O)C1CC1. The molecule has 1 saturated heterocycles. The second-order valence-corrected chi connectivity index (χ2v) is 16.8. The zero-order valence-corrected chi connectivity index (χ0v) is 30.1. The Balaban J connectivity index is 1.21. The summed E-state index contributed by atoms with van der Waals surface area (Å²) in [4.78, 5) is 61.9. The Bertz CT molecular complexity index is 1870. The summed E-state index contributed by atoms with van der Waals surface area (Å²) < 4.78 is 39.7. The van der Waals surface area contributed by atoms with Gasteiger partial charge in [0.15, 0.2) is 0 Å². The molecule has 14 heteroatoms. The zero-order valence-electron chi connectivity index (χ0n) is 29.3. The van der Waals surface area contributed by atoms with Crippen LogP contribution < -0.4 is 20.1 Å². The summed E-state index contributed by atoms with van der Waals surface area (Å²) in [6.07, 6.45) is 11.8. The van der Waals surface area contributed by atoms with Crippen LogP contribution in [0.25, 0.3) is 17.0 Å². The Hall–Kier alpha value is -4.46. The number of carbonyl (C=O) groups is 4. The molecule has 0 spiro atoms. The largest absolute Gasteiger partial charge is 0.472 e. The predicted molar refractivity (Wildman–Crippen MR) is 193 cm³/mol. The number of sulfonamides is 1. The van der Waals surface area contributed by atoms with Crippen LogP contribution in [0.4, 0.5) is 4.79 Å². The molecule has 0 radical (unpaired) electrons. The Morgan fingerprint density at radius 1 is 1.06 bits per heavy atom. The van der Waals surface area contributed by atoms with Gasteiger partial charge in [0.1, 0.15) is 23.7 Å². The van der Waals surface area contributed by atoms with E-state index in [0.717, 1.165) is 61.4 Å². The first-order valence-corrected chi connectivity index (χ1v) is 20.1. The van der Waals surface area contributed by atoms with E-state index >= 15 is 0 Å². The van der Waals surface area contributed by atoms with E-state index in [1.54, 1.807) is 0 Å². The van der Waals surface area contributed by atoms with E-state index in [1.165, 1.54) is 11.0 Å². The number of hydrogen-bond acceptors (Lipinski definition) is 9. The van der Waals surface area contributed by atoms with Gasteiger partial charge in [-0.25, -0.2) is 18.2 Å². The van der Waals surface area contributed by atoms with E-state index < -0.39 is 68.7 Å². The molecular formula is C38H47N5O8S. The minimum absolute atomic E-state index is 0.0225. The molecule has 2 aromatic rings. The van der Waals surface area contributed by atoms with Crippen molar-refractivity contribution in [2.45, 2.75) is 106 Å². The molecule has 52 heavy (non-hydrogen) atoms. The number of benzene rings is 1. The number of amides is 4. The first kappa shape index (κ1) is 35.9. The number of fused-ring (bicyclic) bond motifs is 4. The highest BCUT2D eigenvalue weighted by Gasteiger charge is 2.62. The fourth-order valence-corrected chi connectivity index (χ4v) is 9.18. The number of rotatable bonds is 7. The van der Waals surface area contributed by atoms with Gasteiger partial charge < -0.3 is 25.0 Å². The average Bonchev–Trinajstić information content (AvgIpc) is 4.07. The molecule has 13 nitrogen and oxygen atoms in total. The van der Waals surface area contributed by atoms with Crippen molar-refractivity contribution < 1.29 is 37.1 Å². The van der Waals surface area contributed by atoms with Crippen LogP contribution in [-0.4, -0.2) is 84.2 Å². The number of aromatic nitrogens is 1. The lowest BCUT2D eigenvalue weighted by Gasteiger charge is -2.34. The van der Waals surface area contributed by atoms with E-state index in [4.69, 9.17) is 14.5 Å². The first-order valence-electron chi connectivity index (χ1n) is 18.6. The number of cyclic esters (lactones) is 1. The van der Waals surface area contributed by atoms with Crippen molar-refractivity contribution in [3.8, 4) is 5.88 Å². The van der Waals surface area contributed by atoms with Gasteiger partial charge in [0.2, 0.25) is 27.7 Å². The van der Waals surface area contributed by atoms with E-state index in [9.17, 15) is 27.6 Å². The molecule has 5 atom stereocenters. The van der Waals surface area contributed by atoms with Crippen LogP contribution in [0.15, 0.2) is 49.1 Å². The van der Waals surface area contributed by atoms with Gasteiger partial charge in [-0.15, -0.1) is 6.58 Å². The number of nitrogens with one attached hydrogen (secondary N) is 3. The smallest absolute Gasteiger partial charge is 0.407 e. The molecule has 4 fully saturated rings. The summed E-state index contributed by atoms with van der Waals surface area (Å²) in [6.45, 7) is 4.01. The molecule has 3 N–H and O–H groups in total. The fourth-order valence-electron chi connectivity index (χ4n) is 7.82. The standard InChI is InChI=1S/C38H47N5O8S/c1-2-27-22-38(27,36(46)42-52(48,49)29-17-18-29)41-33(44)31-21-28-23-43(31)35(45)32(24-12-7-5-8-13-24)40-37(47)50-19-11-4-3-6-15-26-20-25-14-9-10-16-30(25)39-34(26)51-28/h2,6,9-10,14-16,20,24,27-29,31-32H,1,3-5,7-8,11-13,17-19,21-23H2,(H,40,47)(H,41,44)(H,42,46)/b15-6+/t27-,28-,31+,32+,38-/m1/s1. The van der Waals surface area contributed by atoms with Crippen molar-refractivity contribution in [1.29, 1.82) is 0 Å². The summed E-state index contributed by atoms with van der Waals surface area (Å²) in [5, 5.41) is 6.00. The second-order valence-electron chi connectivity index (χ2n) is 14.8. The minimum Gasteiger partial charge on any atom is -0.472 e. The Morgan fingerprint density at radius 3 is 2.60 bits per heavy atom. The van der Waals surface area contributed by atoms with Crippen LogP contribution in [0, 0.1) is 11.8 Å². The molecule has 1 aromatic carbocycles. The van der Waals surface area contributed by atoms with Gasteiger partial charge in [0.25, 0.3) is 5.91 Å². The van der Waals surface area contributed by atoms with Crippen molar-refractivity contribution >= 4 is 50.8 Å². The van der Waals surface area contributed by atoms with Crippen LogP contribution >= 0.6 is 0 Å². The van der Waals surface area contributed by atoms with Crippen LogP contribution in [-0.2, 0) is 29.1 Å². The molecule has 2 aliphatic heterocycles. The Kier molecular flexibility index (Phi) is 10.3. The summed E-state index contributed by atoms with van der Waals surface area (Å²) in [5.74, 6) is -2.15. The number of allylic oxidation sites excluding steroid dienone is 1. The number of ether oxygens (including phenoxy) is 2. The highest BCUT2D eigenvalue weighted by molar-refractivity contribution is 7.91. The lowest BCUT2D eigenvalue weighted by atomic mass is 9.83. The van der Waals surface area contributed by atoms with Gasteiger partial charge in [0, 0.05) is 23.3 Å². The fraction of sp³-hybridized carbons (Fsp3) is 0.553. The number of nitrogens with zero attached hydrogens (tertiary/aromatic N) is 2. The van der Waals surface area contributed by atoms with Gasteiger partial charge in [-0.1, -0.05) is 55.7 Å². The van der Waals surface area contributed by atoms with Crippen molar-refractivity contribution in [3.05, 3.63) is 54.6 Å². The molecule has 0 unspecified atom stereocenters. The highest BCUT2D eigenvalue weighted by Crippen LogP contribution is 2.45. The molecule has 1 aromatic heterocycles. The second kappa shape index (κ2) is 14.9. The van der Waals surface area contributed by atoms with Crippen LogP contribution in [0.5, 0.6) is 5.88 Å². The van der Waals surface area contributed by atoms with Crippen molar-refractivity contribution in [3.63, 3.8) is 0 Å². The third kappa shape index (κ3) is 7.67. The van der Waals surface area contributed by atoms with Gasteiger partial charge in [0.05, 0.1) is 23.9 Å². The monoisotopic (exact) mass is 733 g/mol. The van der Waals surface area contributed by atoms with Gasteiger partial charge in [-0.3, -0.25) is 19.1 Å². The van der Waals surface area contributed by atoms with E-state index in [0.29, 0.717) is 25.1 Å². The van der Waals surface area contributed by atoms with Gasteiger partial charge in [-0.05, 0) is 69.4 Å². The molecule has 7 rings (SSSR count). The van der Waals surface area contributed by atoms with E-state index in [-0.39, 0.29) is 31.9 Å². The molecular weight excluding hydrogens is 687 g/mol. The topological polar surface area (TPSA) is 173 Å². The van der Waals surface area contributed by atoms with Crippen molar-refractivity contribution in [2.24, 2.45) is 11.8 Å². The third-order valence-electron chi connectivity index (χ3n) is 11.0. The summed E-state index contributed by atoms with van der Waals surface area (Å²) in [6, 6.07) is 7.67. The van der Waals surface area contributed by atoms with E-state index in [2.05, 4.69) is 21.9 Å². The van der Waals surface area contributed by atoms with Gasteiger partial charge >= 0.3 is 6.09 Å². The summed E-state index contributed by atoms with van der Waals surface area (Å²) in [7, 11) is -3.88. The molecule has 3 saturated carbocycles. The molecule has 278 valence electrons. The number of alkyl carbamates (subject to hydrolysis) is 1. The Labute approximate surface area is 304 Å². The average molecular weight is 734 g/mol. The predicted octanol–water partition coefficient (Wildman–Crippen LogP) is 4.12. The maximum atomic E-state index is 14.7. The Morgan fingerprint density at radius 2 is 1.85 bits per heavy atom. The highest BCUT2D eigenvalue weighted by atomic mass is 32.2. The summed E-state index contributed by atoms with van der Waals surface area (Å²) in [5.41, 5.74) is -0.0391. The summed E-state index contributed by atoms with van der Waals surface area (Å²) >= 11 is 0. The zero-order chi connectivity index (χ0) is 36.5. The third-order valence-corrected chi connectivity index (χ3v) is 12.9. The first-order chi connectivity index (χ1) is 25.1. The van der Waals surface area contributed by atoms with Crippen molar-refractivity contribution in [1.82, 2.24) is 25.2 Å². The maximum Gasteiger partial charge on any atom is 0.407 e. The molecule has 4 amide bonds. The molecule has 2 bridgehead atoms. The van der Waals surface area contributed by atoms with Crippen LogP contribution in [0.3, 0.4) is 0 Å². The molecule has 5 aliphatic rings.